The number of aryl methyl sites for hydroxylation is 1. The molecular formula is C12H17NO3. The standard InChI is InChI=1S/C12H17NO3/c1-9(8-14)7-13-12(15)6-5-11-4-3-10(2)16-11/h3-6,9,14H,7-8H2,1-2H3,(H,13,15). The van der Waals surface area contributed by atoms with Crippen LogP contribution in [0, 0.1) is 12.8 Å². The van der Waals surface area contributed by atoms with Crippen molar-refractivity contribution < 1.29 is 14.3 Å². The minimum atomic E-state index is -0.186. The first-order chi connectivity index (χ1) is 7.61. The van der Waals surface area contributed by atoms with Crippen LogP contribution in [0.3, 0.4) is 0 Å². The topological polar surface area (TPSA) is 62.5 Å². The summed E-state index contributed by atoms with van der Waals surface area (Å²) in [4.78, 5) is 11.3. The van der Waals surface area contributed by atoms with Crippen molar-refractivity contribution in [2.24, 2.45) is 5.92 Å². The Hall–Kier alpha value is -1.55. The minimum absolute atomic E-state index is 0.0708. The number of rotatable bonds is 5. The number of aliphatic hydroxyl groups excluding tert-OH is 1. The highest BCUT2D eigenvalue weighted by molar-refractivity contribution is 5.91. The third-order valence-corrected chi connectivity index (χ3v) is 2.10. The predicted octanol–water partition coefficient (Wildman–Crippen LogP) is 1.35. The van der Waals surface area contributed by atoms with Gasteiger partial charge in [0.15, 0.2) is 0 Å². The van der Waals surface area contributed by atoms with E-state index in [1.165, 1.54) is 6.08 Å². The van der Waals surface area contributed by atoms with E-state index < -0.39 is 0 Å². The van der Waals surface area contributed by atoms with E-state index in [9.17, 15) is 4.79 Å². The van der Waals surface area contributed by atoms with Crippen molar-refractivity contribution in [3.63, 3.8) is 0 Å². The van der Waals surface area contributed by atoms with Crippen LogP contribution >= 0.6 is 0 Å². The molecule has 1 atom stereocenters. The van der Waals surface area contributed by atoms with E-state index in [4.69, 9.17) is 9.52 Å². The van der Waals surface area contributed by atoms with E-state index in [-0.39, 0.29) is 18.4 Å². The Morgan fingerprint density at radius 2 is 2.38 bits per heavy atom. The van der Waals surface area contributed by atoms with Gasteiger partial charge in [-0.3, -0.25) is 4.79 Å². The Balaban J connectivity index is 2.36. The molecule has 0 saturated heterocycles. The van der Waals surface area contributed by atoms with Crippen LogP contribution in [0.15, 0.2) is 22.6 Å². The Morgan fingerprint density at radius 1 is 1.62 bits per heavy atom. The lowest BCUT2D eigenvalue weighted by molar-refractivity contribution is -0.116. The molecule has 0 saturated carbocycles. The number of furan rings is 1. The summed E-state index contributed by atoms with van der Waals surface area (Å²) in [6.45, 7) is 4.25. The molecule has 1 rings (SSSR count). The van der Waals surface area contributed by atoms with Gasteiger partial charge in [0.2, 0.25) is 5.91 Å². The highest BCUT2D eigenvalue weighted by atomic mass is 16.3. The van der Waals surface area contributed by atoms with E-state index >= 15 is 0 Å². The molecular weight excluding hydrogens is 206 g/mol. The average Bonchev–Trinajstić information content (AvgIpc) is 2.69. The molecule has 1 unspecified atom stereocenters. The highest BCUT2D eigenvalue weighted by Crippen LogP contribution is 2.07. The van der Waals surface area contributed by atoms with E-state index in [0.29, 0.717) is 12.3 Å². The molecule has 1 amide bonds. The summed E-state index contributed by atoms with van der Waals surface area (Å²) in [6, 6.07) is 3.64. The van der Waals surface area contributed by atoms with Crippen LogP contribution in [0.4, 0.5) is 0 Å². The zero-order chi connectivity index (χ0) is 12.0. The summed E-state index contributed by atoms with van der Waals surface area (Å²) >= 11 is 0. The van der Waals surface area contributed by atoms with Crippen LogP contribution in [0.5, 0.6) is 0 Å². The van der Waals surface area contributed by atoms with Gasteiger partial charge in [0, 0.05) is 19.2 Å². The molecule has 0 aliphatic heterocycles. The van der Waals surface area contributed by atoms with Gasteiger partial charge in [0.05, 0.1) is 0 Å². The quantitative estimate of drug-likeness (QED) is 0.740. The minimum Gasteiger partial charge on any atom is -0.462 e. The van der Waals surface area contributed by atoms with E-state index in [1.807, 2.05) is 19.9 Å². The van der Waals surface area contributed by atoms with E-state index in [0.717, 1.165) is 5.76 Å². The molecule has 0 aromatic carbocycles. The molecule has 1 aromatic heterocycles. The van der Waals surface area contributed by atoms with Gasteiger partial charge < -0.3 is 14.8 Å². The molecule has 0 spiro atoms. The third-order valence-electron chi connectivity index (χ3n) is 2.10. The zero-order valence-electron chi connectivity index (χ0n) is 9.56. The molecule has 16 heavy (non-hydrogen) atoms. The van der Waals surface area contributed by atoms with Gasteiger partial charge in [0.25, 0.3) is 0 Å². The van der Waals surface area contributed by atoms with Crippen molar-refractivity contribution in [2.45, 2.75) is 13.8 Å². The molecule has 1 heterocycles. The van der Waals surface area contributed by atoms with Gasteiger partial charge in [-0.2, -0.15) is 0 Å². The van der Waals surface area contributed by atoms with Crippen LogP contribution in [-0.4, -0.2) is 24.2 Å². The average molecular weight is 223 g/mol. The molecule has 0 bridgehead atoms. The van der Waals surface area contributed by atoms with Crippen molar-refractivity contribution in [3.05, 3.63) is 29.7 Å². The molecule has 2 N–H and O–H groups in total. The van der Waals surface area contributed by atoms with Crippen molar-refractivity contribution in [1.29, 1.82) is 0 Å². The van der Waals surface area contributed by atoms with Crippen molar-refractivity contribution in [2.75, 3.05) is 13.2 Å². The Morgan fingerprint density at radius 3 is 2.94 bits per heavy atom. The van der Waals surface area contributed by atoms with Crippen LogP contribution < -0.4 is 5.32 Å². The molecule has 4 heteroatoms. The van der Waals surface area contributed by atoms with Crippen molar-refractivity contribution in [1.82, 2.24) is 5.32 Å². The van der Waals surface area contributed by atoms with Gasteiger partial charge >= 0.3 is 0 Å². The number of carbonyl (C=O) groups is 1. The highest BCUT2D eigenvalue weighted by Gasteiger charge is 2.01. The number of hydrogen-bond acceptors (Lipinski definition) is 3. The lowest BCUT2D eigenvalue weighted by atomic mass is 10.2. The summed E-state index contributed by atoms with van der Waals surface area (Å²) < 4.78 is 5.27. The second kappa shape index (κ2) is 6.12. The number of nitrogens with one attached hydrogen (secondary N) is 1. The van der Waals surface area contributed by atoms with Crippen LogP contribution in [0.2, 0.25) is 0 Å². The first-order valence-electron chi connectivity index (χ1n) is 5.25. The maximum atomic E-state index is 11.3. The molecule has 88 valence electrons. The maximum Gasteiger partial charge on any atom is 0.244 e. The zero-order valence-corrected chi connectivity index (χ0v) is 9.56. The van der Waals surface area contributed by atoms with Crippen molar-refractivity contribution >= 4 is 12.0 Å². The van der Waals surface area contributed by atoms with Gasteiger partial charge in [-0.25, -0.2) is 0 Å². The Labute approximate surface area is 95.0 Å². The number of amides is 1. The first-order valence-corrected chi connectivity index (χ1v) is 5.25. The summed E-state index contributed by atoms with van der Waals surface area (Å²) in [5, 5.41) is 11.5. The predicted molar refractivity (Wildman–Crippen MR) is 61.7 cm³/mol. The fraction of sp³-hybridized carbons (Fsp3) is 0.417. The van der Waals surface area contributed by atoms with Gasteiger partial charge in [-0.15, -0.1) is 0 Å². The van der Waals surface area contributed by atoms with Crippen LogP contribution in [0.1, 0.15) is 18.4 Å². The smallest absolute Gasteiger partial charge is 0.244 e. The molecule has 1 aromatic rings. The third kappa shape index (κ3) is 4.31. The molecule has 0 fully saturated rings. The monoisotopic (exact) mass is 223 g/mol. The summed E-state index contributed by atoms with van der Waals surface area (Å²) in [6.07, 6.45) is 3.04. The van der Waals surface area contributed by atoms with Crippen LogP contribution in [-0.2, 0) is 4.79 Å². The van der Waals surface area contributed by atoms with Gasteiger partial charge in [-0.05, 0) is 31.1 Å². The molecule has 0 aliphatic carbocycles. The Bertz CT molecular complexity index is 368. The number of hydrogen-bond donors (Lipinski definition) is 2. The summed E-state index contributed by atoms with van der Waals surface area (Å²) in [5.41, 5.74) is 0. The van der Waals surface area contributed by atoms with Gasteiger partial charge in [-0.1, -0.05) is 6.92 Å². The number of carbonyl (C=O) groups excluding carboxylic acids is 1. The summed E-state index contributed by atoms with van der Waals surface area (Å²) in [5.74, 6) is 1.36. The largest absolute Gasteiger partial charge is 0.462 e. The summed E-state index contributed by atoms with van der Waals surface area (Å²) in [7, 11) is 0. The second-order valence-electron chi connectivity index (χ2n) is 3.81. The van der Waals surface area contributed by atoms with Crippen LogP contribution in [0.25, 0.3) is 6.08 Å². The normalized spacial score (nSPS) is 12.9. The van der Waals surface area contributed by atoms with E-state index in [2.05, 4.69) is 5.32 Å². The molecule has 0 radical (unpaired) electrons. The fourth-order valence-corrected chi connectivity index (χ4v) is 1.10. The second-order valence-corrected chi connectivity index (χ2v) is 3.81. The molecule has 0 aliphatic rings. The number of aliphatic hydroxyl groups is 1. The lowest BCUT2D eigenvalue weighted by Crippen LogP contribution is -2.27. The first kappa shape index (κ1) is 12.5. The van der Waals surface area contributed by atoms with Crippen molar-refractivity contribution in [3.8, 4) is 0 Å². The van der Waals surface area contributed by atoms with Gasteiger partial charge in [0.1, 0.15) is 11.5 Å². The molecule has 4 nitrogen and oxygen atoms in total. The SMILES string of the molecule is Cc1ccc(C=CC(=O)NCC(C)CO)o1. The van der Waals surface area contributed by atoms with E-state index in [1.54, 1.807) is 12.1 Å². The lowest BCUT2D eigenvalue weighted by Gasteiger charge is -2.06. The maximum absolute atomic E-state index is 11.3. The Kier molecular flexibility index (Phi) is 4.79. The fourth-order valence-electron chi connectivity index (χ4n) is 1.10.